The van der Waals surface area contributed by atoms with Crippen LogP contribution in [0.4, 0.5) is 0 Å². The van der Waals surface area contributed by atoms with Crippen molar-refractivity contribution in [2.24, 2.45) is 0 Å². The first-order valence-electron chi connectivity index (χ1n) is 7.56. The number of nitrogens with one attached hydrogen (secondary N) is 2. The molecule has 2 rings (SSSR count). The third-order valence-electron chi connectivity index (χ3n) is 3.56. The van der Waals surface area contributed by atoms with Gasteiger partial charge in [-0.2, -0.15) is 0 Å². The Balaban J connectivity index is 1.98. The summed E-state index contributed by atoms with van der Waals surface area (Å²) in [5.41, 5.74) is 2.46. The van der Waals surface area contributed by atoms with E-state index < -0.39 is 0 Å². The standard InChI is InChI=1S/C19H19BrN2O2/c1-13(16-5-3-4-6-17(16)20)22-18(23)12-9-14-7-10-15(11-8-14)19(24)21-2/h3-13H,1-2H3,(H,21,24)(H,22,23)/b12-9+. The van der Waals surface area contributed by atoms with Gasteiger partial charge in [-0.15, -0.1) is 0 Å². The van der Waals surface area contributed by atoms with E-state index in [1.165, 1.54) is 6.08 Å². The van der Waals surface area contributed by atoms with Crippen molar-refractivity contribution in [3.63, 3.8) is 0 Å². The second kappa shape index (κ2) is 8.45. The van der Waals surface area contributed by atoms with Crippen LogP contribution in [-0.2, 0) is 4.79 Å². The van der Waals surface area contributed by atoms with Crippen molar-refractivity contribution in [1.29, 1.82) is 0 Å². The van der Waals surface area contributed by atoms with Crippen LogP contribution in [0.25, 0.3) is 6.08 Å². The lowest BCUT2D eigenvalue weighted by molar-refractivity contribution is -0.117. The number of carbonyl (C=O) groups excluding carboxylic acids is 2. The van der Waals surface area contributed by atoms with Crippen LogP contribution in [-0.4, -0.2) is 18.9 Å². The molecule has 0 saturated heterocycles. The molecule has 2 amide bonds. The van der Waals surface area contributed by atoms with Gasteiger partial charge in [0.05, 0.1) is 6.04 Å². The fourth-order valence-electron chi connectivity index (χ4n) is 2.23. The Kier molecular flexibility index (Phi) is 6.32. The first-order valence-corrected chi connectivity index (χ1v) is 8.35. The third-order valence-corrected chi connectivity index (χ3v) is 4.28. The second-order valence-corrected chi connectivity index (χ2v) is 6.14. The molecule has 0 aliphatic carbocycles. The maximum atomic E-state index is 12.1. The molecular weight excluding hydrogens is 368 g/mol. The van der Waals surface area contributed by atoms with Gasteiger partial charge in [0, 0.05) is 23.2 Å². The minimum Gasteiger partial charge on any atom is -0.355 e. The Hall–Kier alpha value is -2.40. The zero-order valence-corrected chi connectivity index (χ0v) is 15.1. The average molecular weight is 387 g/mol. The summed E-state index contributed by atoms with van der Waals surface area (Å²) in [6, 6.07) is 14.7. The fourth-order valence-corrected chi connectivity index (χ4v) is 2.86. The highest BCUT2D eigenvalue weighted by atomic mass is 79.9. The summed E-state index contributed by atoms with van der Waals surface area (Å²) >= 11 is 3.48. The average Bonchev–Trinajstić information content (AvgIpc) is 2.60. The lowest BCUT2D eigenvalue weighted by atomic mass is 10.1. The molecule has 0 aromatic heterocycles. The molecule has 124 valence electrons. The maximum absolute atomic E-state index is 12.1. The summed E-state index contributed by atoms with van der Waals surface area (Å²) in [6.07, 6.45) is 3.21. The van der Waals surface area contributed by atoms with Crippen LogP contribution in [0, 0.1) is 0 Å². The largest absolute Gasteiger partial charge is 0.355 e. The van der Waals surface area contributed by atoms with E-state index >= 15 is 0 Å². The molecule has 0 radical (unpaired) electrons. The zero-order chi connectivity index (χ0) is 17.5. The van der Waals surface area contributed by atoms with Gasteiger partial charge >= 0.3 is 0 Å². The predicted molar refractivity (Wildman–Crippen MR) is 99.6 cm³/mol. The number of rotatable bonds is 5. The number of benzene rings is 2. The molecule has 0 bridgehead atoms. The van der Waals surface area contributed by atoms with Crippen LogP contribution >= 0.6 is 15.9 Å². The van der Waals surface area contributed by atoms with Crippen molar-refractivity contribution in [1.82, 2.24) is 10.6 Å². The first-order chi connectivity index (χ1) is 11.5. The Bertz CT molecular complexity index is 754. The van der Waals surface area contributed by atoms with Crippen molar-refractivity contribution < 1.29 is 9.59 Å². The Morgan fingerprint density at radius 1 is 1.08 bits per heavy atom. The normalized spacial score (nSPS) is 12.0. The highest BCUT2D eigenvalue weighted by Gasteiger charge is 2.10. The minimum absolute atomic E-state index is 0.103. The molecule has 2 aromatic rings. The summed E-state index contributed by atoms with van der Waals surface area (Å²) < 4.78 is 0.964. The summed E-state index contributed by atoms with van der Waals surface area (Å²) in [5, 5.41) is 5.49. The highest BCUT2D eigenvalue weighted by Crippen LogP contribution is 2.22. The molecule has 0 aliphatic heterocycles. The minimum atomic E-state index is -0.173. The van der Waals surface area contributed by atoms with Crippen molar-refractivity contribution in [2.45, 2.75) is 13.0 Å². The van der Waals surface area contributed by atoms with Crippen LogP contribution in [0.1, 0.15) is 34.5 Å². The van der Waals surface area contributed by atoms with Crippen LogP contribution in [0.2, 0.25) is 0 Å². The summed E-state index contributed by atoms with van der Waals surface area (Å²) in [6.45, 7) is 1.93. The number of halogens is 1. The highest BCUT2D eigenvalue weighted by molar-refractivity contribution is 9.10. The lowest BCUT2D eigenvalue weighted by Crippen LogP contribution is -2.24. The molecule has 1 unspecified atom stereocenters. The van der Waals surface area contributed by atoms with E-state index in [4.69, 9.17) is 0 Å². The van der Waals surface area contributed by atoms with E-state index in [1.807, 2.05) is 31.2 Å². The maximum Gasteiger partial charge on any atom is 0.251 e. The lowest BCUT2D eigenvalue weighted by Gasteiger charge is -2.14. The van der Waals surface area contributed by atoms with Crippen molar-refractivity contribution in [2.75, 3.05) is 7.05 Å². The Morgan fingerprint density at radius 2 is 1.75 bits per heavy atom. The van der Waals surface area contributed by atoms with Gasteiger partial charge in [0.1, 0.15) is 0 Å². The molecule has 0 fully saturated rings. The SMILES string of the molecule is CNC(=O)c1ccc(/C=C/C(=O)NC(C)c2ccccc2Br)cc1. The number of hydrogen-bond acceptors (Lipinski definition) is 2. The van der Waals surface area contributed by atoms with Gasteiger partial charge in [-0.3, -0.25) is 9.59 Å². The van der Waals surface area contributed by atoms with Crippen molar-refractivity contribution >= 4 is 33.8 Å². The molecule has 4 nitrogen and oxygen atoms in total. The third kappa shape index (κ3) is 4.80. The predicted octanol–water partition coefficient (Wildman–Crippen LogP) is 3.70. The molecule has 0 heterocycles. The van der Waals surface area contributed by atoms with Gasteiger partial charge in [-0.1, -0.05) is 46.3 Å². The molecule has 5 heteroatoms. The van der Waals surface area contributed by atoms with E-state index in [0.29, 0.717) is 5.56 Å². The van der Waals surface area contributed by atoms with E-state index in [9.17, 15) is 9.59 Å². The van der Waals surface area contributed by atoms with E-state index in [1.54, 1.807) is 37.4 Å². The quantitative estimate of drug-likeness (QED) is 0.769. The molecule has 1 atom stereocenters. The summed E-state index contributed by atoms with van der Waals surface area (Å²) in [7, 11) is 1.59. The van der Waals surface area contributed by atoms with Crippen LogP contribution < -0.4 is 10.6 Å². The van der Waals surface area contributed by atoms with Crippen LogP contribution in [0.3, 0.4) is 0 Å². The van der Waals surface area contributed by atoms with E-state index in [2.05, 4.69) is 26.6 Å². The molecule has 24 heavy (non-hydrogen) atoms. The van der Waals surface area contributed by atoms with Gasteiger partial charge in [0.15, 0.2) is 0 Å². The van der Waals surface area contributed by atoms with E-state index in [-0.39, 0.29) is 17.9 Å². The molecule has 2 aromatic carbocycles. The van der Waals surface area contributed by atoms with Gasteiger partial charge in [-0.25, -0.2) is 0 Å². The van der Waals surface area contributed by atoms with E-state index in [0.717, 1.165) is 15.6 Å². The van der Waals surface area contributed by atoms with Crippen LogP contribution in [0.15, 0.2) is 59.1 Å². The first kappa shape index (κ1) is 17.9. The Labute approximate surface area is 150 Å². The van der Waals surface area contributed by atoms with Gasteiger partial charge < -0.3 is 10.6 Å². The molecule has 0 saturated carbocycles. The van der Waals surface area contributed by atoms with Crippen molar-refractivity contribution in [3.8, 4) is 0 Å². The molecule has 2 N–H and O–H groups in total. The Morgan fingerprint density at radius 3 is 2.38 bits per heavy atom. The monoisotopic (exact) mass is 386 g/mol. The smallest absolute Gasteiger partial charge is 0.251 e. The van der Waals surface area contributed by atoms with Gasteiger partial charge in [0.2, 0.25) is 5.91 Å². The van der Waals surface area contributed by atoms with Gasteiger partial charge in [-0.05, 0) is 42.3 Å². The summed E-state index contributed by atoms with van der Waals surface area (Å²) in [5.74, 6) is -0.306. The fraction of sp³-hybridized carbons (Fsp3) is 0.158. The molecular formula is C19H19BrN2O2. The number of amides is 2. The van der Waals surface area contributed by atoms with Gasteiger partial charge in [0.25, 0.3) is 5.91 Å². The molecule has 0 spiro atoms. The number of carbonyl (C=O) groups is 2. The topological polar surface area (TPSA) is 58.2 Å². The summed E-state index contributed by atoms with van der Waals surface area (Å²) in [4.78, 5) is 23.5. The second-order valence-electron chi connectivity index (χ2n) is 5.29. The zero-order valence-electron chi connectivity index (χ0n) is 13.5. The van der Waals surface area contributed by atoms with Crippen LogP contribution in [0.5, 0.6) is 0 Å². The number of hydrogen-bond donors (Lipinski definition) is 2. The molecule has 0 aliphatic rings. The van der Waals surface area contributed by atoms with Crippen molar-refractivity contribution in [3.05, 3.63) is 75.8 Å².